The molecule has 20 heavy (non-hydrogen) atoms. The van der Waals surface area contributed by atoms with Crippen LogP contribution in [0.2, 0.25) is 0 Å². The van der Waals surface area contributed by atoms with Crippen molar-refractivity contribution in [3.63, 3.8) is 0 Å². The van der Waals surface area contributed by atoms with E-state index in [2.05, 4.69) is 36.8 Å². The SMILES string of the molecule is COc1ccc([SH]=C(O)C(Br)(Br)c2ccccn2)cc1. The fourth-order valence-electron chi connectivity index (χ4n) is 1.51. The summed E-state index contributed by atoms with van der Waals surface area (Å²) in [6.07, 6.45) is 1.68. The van der Waals surface area contributed by atoms with Crippen LogP contribution in [-0.4, -0.2) is 22.3 Å². The lowest BCUT2D eigenvalue weighted by molar-refractivity contribution is 0.414. The Kier molecular flexibility index (Phi) is 5.37. The van der Waals surface area contributed by atoms with Gasteiger partial charge < -0.3 is 9.84 Å². The minimum atomic E-state index is -0.858. The van der Waals surface area contributed by atoms with Crippen molar-refractivity contribution in [3.8, 4) is 5.75 Å². The zero-order valence-electron chi connectivity index (χ0n) is 10.6. The molecular formula is C14H13Br2NO2S. The van der Waals surface area contributed by atoms with E-state index in [9.17, 15) is 5.11 Å². The molecule has 0 atom stereocenters. The highest BCUT2D eigenvalue weighted by Gasteiger charge is 2.31. The number of alkyl halides is 2. The van der Waals surface area contributed by atoms with Crippen molar-refractivity contribution < 1.29 is 9.84 Å². The molecule has 0 radical (unpaired) electrons. The van der Waals surface area contributed by atoms with E-state index in [1.165, 1.54) is 0 Å². The Balaban J connectivity index is 2.29. The number of halogens is 2. The number of aromatic nitrogens is 1. The van der Waals surface area contributed by atoms with Gasteiger partial charge in [-0.05, 0) is 36.4 Å². The first-order valence-electron chi connectivity index (χ1n) is 5.75. The summed E-state index contributed by atoms with van der Waals surface area (Å²) in [4.78, 5) is 5.20. The molecule has 2 rings (SSSR count). The van der Waals surface area contributed by atoms with Crippen molar-refractivity contribution in [2.75, 3.05) is 7.11 Å². The van der Waals surface area contributed by atoms with Gasteiger partial charge in [-0.15, -0.1) is 11.4 Å². The van der Waals surface area contributed by atoms with Crippen molar-refractivity contribution in [3.05, 3.63) is 54.4 Å². The summed E-state index contributed by atoms with van der Waals surface area (Å²) in [5.41, 5.74) is 0.693. The van der Waals surface area contributed by atoms with E-state index >= 15 is 0 Å². The quantitative estimate of drug-likeness (QED) is 0.443. The first-order valence-corrected chi connectivity index (χ1v) is 8.23. The van der Waals surface area contributed by atoms with Crippen molar-refractivity contribution in [1.82, 2.24) is 4.98 Å². The molecule has 0 saturated heterocycles. The molecule has 0 amide bonds. The van der Waals surface area contributed by atoms with Crippen molar-refractivity contribution in [1.29, 1.82) is 0 Å². The van der Waals surface area contributed by atoms with Crippen molar-refractivity contribution in [2.24, 2.45) is 0 Å². The number of hydrogen-bond acceptors (Lipinski definition) is 2. The molecule has 2 aromatic rings. The summed E-state index contributed by atoms with van der Waals surface area (Å²) in [5, 5.41) is 10.6. The highest BCUT2D eigenvalue weighted by molar-refractivity contribution is 9.25. The van der Waals surface area contributed by atoms with Gasteiger partial charge in [-0.1, -0.05) is 37.9 Å². The average Bonchev–Trinajstić information content (AvgIpc) is 2.49. The van der Waals surface area contributed by atoms with Gasteiger partial charge >= 0.3 is 0 Å². The van der Waals surface area contributed by atoms with Crippen molar-refractivity contribution in [2.45, 2.75) is 8.13 Å². The molecule has 0 fully saturated rings. The summed E-state index contributed by atoms with van der Waals surface area (Å²) in [6, 6.07) is 13.1. The third-order valence-corrected chi connectivity index (χ3v) is 5.85. The third kappa shape index (κ3) is 3.69. The monoisotopic (exact) mass is 417 g/mol. The van der Waals surface area contributed by atoms with E-state index in [0.29, 0.717) is 17.0 Å². The second-order valence-electron chi connectivity index (χ2n) is 3.92. The van der Waals surface area contributed by atoms with E-state index in [1.54, 1.807) is 13.3 Å². The van der Waals surface area contributed by atoms with Gasteiger partial charge in [-0.2, -0.15) is 0 Å². The predicted molar refractivity (Wildman–Crippen MR) is 91.7 cm³/mol. The van der Waals surface area contributed by atoms with Gasteiger partial charge in [0.1, 0.15) is 10.8 Å². The van der Waals surface area contributed by atoms with Crippen LogP contribution in [0.4, 0.5) is 0 Å². The number of pyridine rings is 1. The van der Waals surface area contributed by atoms with Crippen molar-refractivity contribution >= 4 is 48.3 Å². The lowest BCUT2D eigenvalue weighted by Gasteiger charge is -2.19. The molecule has 1 aromatic carbocycles. The lowest BCUT2D eigenvalue weighted by atomic mass is 10.3. The fraction of sp³-hybridized carbons (Fsp3) is 0.143. The zero-order valence-corrected chi connectivity index (χ0v) is 14.7. The molecule has 0 spiro atoms. The summed E-state index contributed by atoms with van der Waals surface area (Å²) in [6.45, 7) is 0. The van der Waals surface area contributed by atoms with Crippen LogP contribution in [0.3, 0.4) is 0 Å². The molecule has 3 nitrogen and oxygen atoms in total. The first kappa shape index (κ1) is 15.7. The molecule has 0 aliphatic rings. The Morgan fingerprint density at radius 2 is 1.90 bits per heavy atom. The molecule has 6 heteroatoms. The third-order valence-electron chi connectivity index (χ3n) is 2.57. The van der Waals surface area contributed by atoms with Crippen LogP contribution in [-0.2, 0) is 3.23 Å². The van der Waals surface area contributed by atoms with Crippen LogP contribution >= 0.6 is 43.2 Å². The first-order chi connectivity index (χ1) is 9.54. The van der Waals surface area contributed by atoms with Gasteiger partial charge in [0.2, 0.25) is 0 Å². The van der Waals surface area contributed by atoms with Crippen LogP contribution in [0.15, 0.2) is 53.6 Å². The summed E-state index contributed by atoms with van der Waals surface area (Å²) in [7, 11) is 1.62. The highest BCUT2D eigenvalue weighted by Crippen LogP contribution is 2.39. The number of thiol groups is 1. The van der Waals surface area contributed by atoms with Gasteiger partial charge in [0.05, 0.1) is 12.8 Å². The van der Waals surface area contributed by atoms with E-state index in [-0.39, 0.29) is 5.05 Å². The summed E-state index contributed by atoms with van der Waals surface area (Å²) >= 11 is 7.64. The lowest BCUT2D eigenvalue weighted by Crippen LogP contribution is -2.21. The number of hydrogen-bond donors (Lipinski definition) is 2. The van der Waals surface area contributed by atoms with Gasteiger partial charge in [0, 0.05) is 11.1 Å². The molecule has 1 N–H and O–H groups in total. The van der Waals surface area contributed by atoms with Crippen LogP contribution in [0.5, 0.6) is 5.75 Å². The van der Waals surface area contributed by atoms with E-state index in [0.717, 1.165) is 10.6 Å². The van der Waals surface area contributed by atoms with Gasteiger partial charge in [0.25, 0.3) is 0 Å². The maximum Gasteiger partial charge on any atom is 0.173 e. The molecular weight excluding hydrogens is 406 g/mol. The van der Waals surface area contributed by atoms with Crippen LogP contribution < -0.4 is 4.74 Å². The van der Waals surface area contributed by atoms with Gasteiger partial charge in [-0.3, -0.25) is 4.98 Å². The zero-order chi connectivity index (χ0) is 14.6. The van der Waals surface area contributed by atoms with Crippen LogP contribution in [0, 0.1) is 0 Å². The Morgan fingerprint density at radius 1 is 1.20 bits per heavy atom. The molecule has 0 saturated carbocycles. The van der Waals surface area contributed by atoms with Gasteiger partial charge in [-0.25, -0.2) is 0 Å². The Bertz CT molecular complexity index is 600. The molecule has 0 aliphatic heterocycles. The molecule has 106 valence electrons. The minimum absolute atomic E-state index is 0.210. The normalized spacial score (nSPS) is 12.7. The molecule has 0 aliphatic carbocycles. The van der Waals surface area contributed by atoms with E-state index in [4.69, 9.17) is 4.74 Å². The number of nitrogens with zero attached hydrogens (tertiary/aromatic N) is 1. The summed E-state index contributed by atoms with van der Waals surface area (Å²) in [5.74, 6) is 0.789. The van der Waals surface area contributed by atoms with E-state index < -0.39 is 3.23 Å². The number of aliphatic hydroxyl groups excluding tert-OH is 1. The fourth-order valence-corrected chi connectivity index (χ4v) is 3.31. The Labute approximate surface area is 138 Å². The standard InChI is InChI=1S/C14H13Br2NO2S/c1-19-10-5-7-11(8-6-10)20-13(18)14(15,16)12-4-2-3-9-17-12/h2-9,18,20H,1H3. The number of ether oxygens (including phenoxy) is 1. The maximum absolute atomic E-state index is 10.3. The number of methoxy groups -OCH3 is 1. The molecule has 1 heterocycles. The average molecular weight is 419 g/mol. The van der Waals surface area contributed by atoms with Crippen LogP contribution in [0.1, 0.15) is 5.69 Å². The summed E-state index contributed by atoms with van der Waals surface area (Å²) < 4.78 is 4.25. The molecule has 1 aromatic heterocycles. The molecule has 0 unspecified atom stereocenters. The second kappa shape index (κ2) is 6.85. The topological polar surface area (TPSA) is 42.4 Å². The largest absolute Gasteiger partial charge is 0.497 e. The highest BCUT2D eigenvalue weighted by atomic mass is 79.9. The number of benzene rings is 1. The van der Waals surface area contributed by atoms with Gasteiger partial charge in [0.15, 0.2) is 3.23 Å². The second-order valence-corrected chi connectivity index (χ2v) is 8.53. The maximum atomic E-state index is 10.3. The van der Waals surface area contributed by atoms with Crippen LogP contribution in [0.25, 0.3) is 0 Å². The predicted octanol–water partition coefficient (Wildman–Crippen LogP) is 4.25. The van der Waals surface area contributed by atoms with E-state index in [1.807, 2.05) is 42.5 Å². The minimum Gasteiger partial charge on any atom is -0.497 e. The Hall–Kier alpha value is -0.690. The Morgan fingerprint density at radius 3 is 2.45 bits per heavy atom. The number of aliphatic hydroxyl groups is 1. The smallest absolute Gasteiger partial charge is 0.173 e. The molecule has 0 bridgehead atoms. The number of rotatable bonds is 4.